The van der Waals surface area contributed by atoms with Gasteiger partial charge in [-0.05, 0) is 70.6 Å². The second-order valence-electron chi connectivity index (χ2n) is 10.5. The van der Waals surface area contributed by atoms with E-state index in [-0.39, 0.29) is 40.0 Å². The van der Waals surface area contributed by atoms with Crippen LogP contribution < -0.4 is 0 Å². The van der Waals surface area contributed by atoms with Gasteiger partial charge in [-0.15, -0.1) is 0 Å². The smallest absolute Gasteiger partial charge is 0.339 e. The minimum atomic E-state index is -1.18. The van der Waals surface area contributed by atoms with Crippen molar-refractivity contribution in [2.75, 3.05) is 0 Å². The Kier molecular flexibility index (Phi) is 6.89. The van der Waals surface area contributed by atoms with Crippen molar-refractivity contribution < 1.29 is 29.0 Å². The highest BCUT2D eigenvalue weighted by atomic mass is 35.5. The molecule has 1 aliphatic heterocycles. The Hall–Kier alpha value is -2.15. The van der Waals surface area contributed by atoms with Crippen LogP contribution in [0.25, 0.3) is 0 Å². The number of aromatic carboxylic acids is 1. The van der Waals surface area contributed by atoms with Crippen molar-refractivity contribution in [1.29, 1.82) is 0 Å². The maximum Gasteiger partial charge on any atom is 0.339 e. The number of halogens is 1. The predicted octanol–water partition coefficient (Wildman–Crippen LogP) is 4.86. The van der Waals surface area contributed by atoms with Gasteiger partial charge in [0, 0.05) is 25.1 Å². The van der Waals surface area contributed by atoms with Crippen LogP contribution in [-0.4, -0.2) is 38.8 Å². The number of hydrogen-bond acceptors (Lipinski definition) is 5. The molecule has 1 saturated carbocycles. The zero-order valence-electron chi connectivity index (χ0n) is 19.3. The fraction of sp³-hybridized carbons (Fsp3) is 0.667. The first kappa shape index (κ1) is 24.5. The van der Waals surface area contributed by atoms with Crippen LogP contribution in [0.15, 0.2) is 0 Å². The van der Waals surface area contributed by atoms with Gasteiger partial charge in [0.2, 0.25) is 11.6 Å². The number of carbonyl (C=O) groups is 4. The molecule has 32 heavy (non-hydrogen) atoms. The Balaban J connectivity index is 1.64. The van der Waals surface area contributed by atoms with E-state index in [0.717, 1.165) is 32.1 Å². The first-order chi connectivity index (χ1) is 14.8. The van der Waals surface area contributed by atoms with Crippen LogP contribution in [0.1, 0.15) is 99.2 Å². The van der Waals surface area contributed by atoms with Gasteiger partial charge in [0.1, 0.15) is 11.3 Å². The number of carboxylic acids is 1. The van der Waals surface area contributed by atoms with Crippen molar-refractivity contribution >= 4 is 35.1 Å². The lowest BCUT2D eigenvalue weighted by atomic mass is 9.68. The topological polar surface area (TPSA) is 103 Å². The van der Waals surface area contributed by atoms with Gasteiger partial charge in [-0.3, -0.25) is 14.4 Å². The molecule has 2 heterocycles. The summed E-state index contributed by atoms with van der Waals surface area (Å²) in [7, 11) is 0. The van der Waals surface area contributed by atoms with Crippen molar-refractivity contribution in [1.82, 2.24) is 4.57 Å². The van der Waals surface area contributed by atoms with Crippen LogP contribution in [0.3, 0.4) is 0 Å². The number of nitrogens with zero attached hydrogens (tertiary/aromatic N) is 1. The van der Waals surface area contributed by atoms with E-state index in [4.69, 9.17) is 16.3 Å². The molecule has 3 rings (SSSR count). The summed E-state index contributed by atoms with van der Waals surface area (Å²) in [6.45, 7) is 8.02. The van der Waals surface area contributed by atoms with Gasteiger partial charge in [-0.1, -0.05) is 18.5 Å². The van der Waals surface area contributed by atoms with Crippen molar-refractivity contribution in [3.8, 4) is 0 Å². The molecular weight excluding hydrogens is 434 g/mol. The molecule has 8 heteroatoms. The number of Topliss-reactive ketones (excluding diaryl/α,β-unsaturated/α-hetero) is 2. The summed E-state index contributed by atoms with van der Waals surface area (Å²) in [5.41, 5.74) is -0.362. The van der Waals surface area contributed by atoms with E-state index < -0.39 is 23.1 Å². The number of carboxylic acid groups (broad SMARTS) is 1. The number of aromatic nitrogens is 1. The summed E-state index contributed by atoms with van der Waals surface area (Å²) in [5.74, 6) is -2.41. The predicted molar refractivity (Wildman–Crippen MR) is 119 cm³/mol. The molecule has 1 fully saturated rings. The second kappa shape index (κ2) is 9.00. The lowest BCUT2D eigenvalue weighted by Crippen LogP contribution is -2.32. The summed E-state index contributed by atoms with van der Waals surface area (Å²) in [5, 5.41) is 9.36. The molecular formula is C24H32ClNO6. The molecule has 0 spiro atoms. The number of hydrogen-bond donors (Lipinski definition) is 1. The van der Waals surface area contributed by atoms with Crippen LogP contribution in [0, 0.1) is 11.3 Å². The maximum atomic E-state index is 13.0. The van der Waals surface area contributed by atoms with Gasteiger partial charge in [0.25, 0.3) is 0 Å². The second-order valence-corrected chi connectivity index (χ2v) is 10.9. The van der Waals surface area contributed by atoms with Gasteiger partial charge in [0.05, 0.1) is 10.6 Å². The normalized spacial score (nSPS) is 23.0. The number of fused-ring (bicyclic) bond motifs is 1. The average molecular weight is 466 g/mol. The van der Waals surface area contributed by atoms with Crippen molar-refractivity contribution in [2.45, 2.75) is 91.2 Å². The molecule has 0 saturated heterocycles. The quantitative estimate of drug-likeness (QED) is 0.350. The number of esters is 1. The zero-order valence-corrected chi connectivity index (χ0v) is 20.0. The zero-order chi connectivity index (χ0) is 23.8. The molecule has 1 aromatic rings. The fourth-order valence-corrected chi connectivity index (χ4v) is 5.34. The van der Waals surface area contributed by atoms with Crippen LogP contribution >= 0.6 is 11.6 Å². The Morgan fingerprint density at radius 1 is 1.19 bits per heavy atom. The highest BCUT2D eigenvalue weighted by Gasteiger charge is 2.39. The number of rotatable bonds is 7. The fourth-order valence-electron chi connectivity index (χ4n) is 4.96. The maximum absolute atomic E-state index is 13.0. The van der Waals surface area contributed by atoms with Crippen molar-refractivity contribution in [3.63, 3.8) is 0 Å². The minimum Gasteiger partial charge on any atom is -0.478 e. The summed E-state index contributed by atoms with van der Waals surface area (Å²) < 4.78 is 7.01. The van der Waals surface area contributed by atoms with Crippen LogP contribution in [0.2, 0.25) is 5.02 Å². The lowest BCUT2D eigenvalue weighted by Gasteiger charge is -2.36. The summed E-state index contributed by atoms with van der Waals surface area (Å²) in [4.78, 5) is 49.7. The third-order valence-electron chi connectivity index (χ3n) is 6.56. The number of ether oxygens (including phenoxy) is 1. The largest absolute Gasteiger partial charge is 0.478 e. The molecule has 0 aromatic carbocycles. The van der Waals surface area contributed by atoms with Gasteiger partial charge >= 0.3 is 11.9 Å². The van der Waals surface area contributed by atoms with E-state index in [2.05, 4.69) is 0 Å². The molecule has 2 aliphatic rings. The van der Waals surface area contributed by atoms with E-state index in [0.29, 0.717) is 25.1 Å². The third-order valence-corrected chi connectivity index (χ3v) is 6.93. The summed E-state index contributed by atoms with van der Waals surface area (Å²) >= 11 is 6.25. The molecule has 176 valence electrons. The van der Waals surface area contributed by atoms with E-state index in [1.165, 1.54) is 0 Å². The van der Waals surface area contributed by atoms with Gasteiger partial charge < -0.3 is 14.4 Å². The Morgan fingerprint density at radius 3 is 2.38 bits per heavy atom. The molecule has 0 unspecified atom stereocenters. The molecule has 0 radical (unpaired) electrons. The molecule has 0 bridgehead atoms. The lowest BCUT2D eigenvalue weighted by molar-refractivity contribution is -0.156. The first-order valence-corrected chi connectivity index (χ1v) is 11.6. The molecule has 0 atom stereocenters. The van der Waals surface area contributed by atoms with Crippen LogP contribution in [0.4, 0.5) is 0 Å². The van der Waals surface area contributed by atoms with E-state index >= 15 is 0 Å². The highest BCUT2D eigenvalue weighted by molar-refractivity contribution is 6.48. The monoisotopic (exact) mass is 465 g/mol. The molecule has 1 aromatic heterocycles. The highest BCUT2D eigenvalue weighted by Crippen LogP contribution is 2.43. The van der Waals surface area contributed by atoms with E-state index in [1.54, 1.807) is 4.57 Å². The van der Waals surface area contributed by atoms with E-state index in [9.17, 15) is 24.3 Å². The number of carbonyl (C=O) groups excluding carboxylic acids is 3. The molecule has 0 amide bonds. The standard InChI is InChI=1S/C24H32ClNO6/c1-23(2,3)32-17(28)12-14-7-9-24(4,10-8-14)13-16(27)21(29)20-19(25)18(22(30)31)15-6-5-11-26(15)20/h14H,5-13H2,1-4H3,(H,30,31). The van der Waals surface area contributed by atoms with Crippen molar-refractivity contribution in [2.24, 2.45) is 11.3 Å². The molecule has 1 aliphatic carbocycles. The average Bonchev–Trinajstić information content (AvgIpc) is 3.20. The molecule has 7 nitrogen and oxygen atoms in total. The van der Waals surface area contributed by atoms with Crippen molar-refractivity contribution in [3.05, 3.63) is 22.0 Å². The van der Waals surface area contributed by atoms with E-state index in [1.807, 2.05) is 27.7 Å². The Bertz CT molecular complexity index is 947. The van der Waals surface area contributed by atoms with Gasteiger partial charge in [-0.25, -0.2) is 4.79 Å². The summed E-state index contributed by atoms with van der Waals surface area (Å²) in [6.07, 6.45) is 4.76. The Labute approximate surface area is 193 Å². The third kappa shape index (κ3) is 5.25. The molecule has 1 N–H and O–H groups in total. The van der Waals surface area contributed by atoms with Crippen LogP contribution in [-0.2, 0) is 27.3 Å². The Morgan fingerprint density at radius 2 is 1.81 bits per heavy atom. The van der Waals surface area contributed by atoms with Crippen LogP contribution in [0.5, 0.6) is 0 Å². The minimum absolute atomic E-state index is 0.0174. The van der Waals surface area contributed by atoms with Gasteiger partial charge in [0.15, 0.2) is 0 Å². The first-order valence-electron chi connectivity index (χ1n) is 11.2. The summed E-state index contributed by atoms with van der Waals surface area (Å²) in [6, 6.07) is 0. The van der Waals surface area contributed by atoms with Gasteiger partial charge in [-0.2, -0.15) is 0 Å². The number of ketones is 2. The SMILES string of the molecule is CC1(CC(=O)C(=O)c2c(Cl)c(C(=O)O)c3n2CCC3)CCC(CC(=O)OC(C)(C)C)CC1.